The van der Waals surface area contributed by atoms with Crippen molar-refractivity contribution >= 4 is 27.3 Å². The Kier molecular flexibility index (Phi) is 4.81. The van der Waals surface area contributed by atoms with Crippen LogP contribution < -0.4 is 17.2 Å². The summed E-state index contributed by atoms with van der Waals surface area (Å²) in [6.45, 7) is 0. The van der Waals surface area contributed by atoms with Crippen molar-refractivity contribution in [1.82, 2.24) is 4.57 Å². The highest BCUT2D eigenvalue weighted by Gasteiger charge is 2.08. The molecule has 0 unspecified atom stereocenters. The monoisotopic (exact) mass is 365 g/mol. The maximum atomic E-state index is 8.09. The van der Waals surface area contributed by atoms with Crippen LogP contribution in [0.5, 0.6) is 0 Å². The van der Waals surface area contributed by atoms with E-state index in [2.05, 4.69) is 28.1 Å². The Balaban J connectivity index is 0.00000147. The second kappa shape index (κ2) is 6.39. The Labute approximate surface area is 135 Å². The van der Waals surface area contributed by atoms with Crippen LogP contribution in [0.25, 0.3) is 16.9 Å². The number of hydrogen-bond acceptors (Lipinski definition) is 2. The summed E-state index contributed by atoms with van der Waals surface area (Å²) < 4.78 is 3.03. The molecule has 2 aromatic carbocycles. The fraction of sp³-hybridized carbons (Fsp3) is 0. The lowest BCUT2D eigenvalue weighted by atomic mass is 10.1. The standard InChI is InChI=1S/C15H11BrN2S.ClH/c16-12-8-6-11(7-9-12)14-10-19-15(17)18(14)13-4-2-1-3-5-13;/h1-10,17H;1H/p-1. The average molecular weight is 367 g/mol. The quantitative estimate of drug-likeness (QED) is 0.711. The van der Waals surface area contributed by atoms with Gasteiger partial charge in [-0.05, 0) is 29.8 Å². The number of benzene rings is 2. The Morgan fingerprint density at radius 1 is 0.950 bits per heavy atom. The Morgan fingerprint density at radius 3 is 2.25 bits per heavy atom. The lowest BCUT2D eigenvalue weighted by molar-refractivity contribution is -0.00000379. The zero-order valence-corrected chi connectivity index (χ0v) is 13.5. The van der Waals surface area contributed by atoms with Crippen molar-refractivity contribution in [2.75, 3.05) is 0 Å². The molecule has 102 valence electrons. The first-order chi connectivity index (χ1) is 9.25. The number of hydrogen-bond donors (Lipinski definition) is 1. The van der Waals surface area contributed by atoms with Crippen LogP contribution in [-0.4, -0.2) is 4.57 Å². The molecule has 3 rings (SSSR count). The van der Waals surface area contributed by atoms with Crippen molar-refractivity contribution in [3.05, 3.63) is 69.3 Å². The molecule has 1 heterocycles. The van der Waals surface area contributed by atoms with Gasteiger partial charge in [0.05, 0.1) is 5.69 Å². The highest BCUT2D eigenvalue weighted by Crippen LogP contribution is 2.24. The van der Waals surface area contributed by atoms with Crippen LogP contribution >= 0.6 is 27.3 Å². The molecule has 1 aromatic heterocycles. The first kappa shape index (κ1) is 15.0. The normalized spacial score (nSPS) is 10.1. The molecule has 0 aliphatic rings. The van der Waals surface area contributed by atoms with Gasteiger partial charge in [-0.15, -0.1) is 11.3 Å². The van der Waals surface area contributed by atoms with Crippen molar-refractivity contribution in [2.45, 2.75) is 0 Å². The van der Waals surface area contributed by atoms with E-state index in [4.69, 9.17) is 5.41 Å². The van der Waals surface area contributed by atoms with Crippen molar-refractivity contribution in [3.8, 4) is 16.9 Å². The Bertz CT molecular complexity index is 748. The minimum Gasteiger partial charge on any atom is -1.00 e. The summed E-state index contributed by atoms with van der Waals surface area (Å²) in [5.74, 6) is 0. The molecular formula is C15H11BrClN2S-. The third kappa shape index (κ3) is 2.87. The maximum Gasteiger partial charge on any atom is 0.187 e. The predicted molar refractivity (Wildman–Crippen MR) is 82.6 cm³/mol. The van der Waals surface area contributed by atoms with Crippen LogP contribution in [0.1, 0.15) is 0 Å². The fourth-order valence-electron chi connectivity index (χ4n) is 1.98. The van der Waals surface area contributed by atoms with Gasteiger partial charge in [-0.3, -0.25) is 9.98 Å². The van der Waals surface area contributed by atoms with Crippen molar-refractivity contribution in [3.63, 3.8) is 0 Å². The second-order valence-corrected chi connectivity index (χ2v) is 5.88. The van der Waals surface area contributed by atoms with E-state index in [1.54, 1.807) is 0 Å². The predicted octanol–water partition coefficient (Wildman–Crippen LogP) is 1.45. The first-order valence-corrected chi connectivity index (χ1v) is 7.49. The van der Waals surface area contributed by atoms with Gasteiger partial charge in [0.1, 0.15) is 0 Å². The molecule has 3 aromatic rings. The SMILES string of the molecule is N=c1scc(-c2ccc(Br)cc2)n1-c1ccccc1.[Cl-]. The summed E-state index contributed by atoms with van der Waals surface area (Å²) in [5, 5.41) is 10.1. The number of thiazole rings is 1. The van der Waals surface area contributed by atoms with Crippen LogP contribution in [0.3, 0.4) is 0 Å². The summed E-state index contributed by atoms with van der Waals surface area (Å²) in [6, 6.07) is 18.2. The van der Waals surface area contributed by atoms with Gasteiger partial charge in [-0.1, -0.05) is 46.3 Å². The summed E-state index contributed by atoms with van der Waals surface area (Å²) in [6.07, 6.45) is 0. The third-order valence-corrected chi connectivity index (χ3v) is 4.16. The van der Waals surface area contributed by atoms with Gasteiger partial charge in [0, 0.05) is 15.5 Å². The van der Waals surface area contributed by atoms with Crippen molar-refractivity contribution in [1.29, 1.82) is 5.41 Å². The molecular weight excluding hydrogens is 356 g/mol. The van der Waals surface area contributed by atoms with Gasteiger partial charge >= 0.3 is 0 Å². The molecule has 20 heavy (non-hydrogen) atoms. The fourth-order valence-corrected chi connectivity index (χ4v) is 3.02. The summed E-state index contributed by atoms with van der Waals surface area (Å²) in [4.78, 5) is 0.532. The zero-order valence-electron chi connectivity index (χ0n) is 10.4. The van der Waals surface area contributed by atoms with Gasteiger partial charge < -0.3 is 12.4 Å². The van der Waals surface area contributed by atoms with Gasteiger partial charge in [0.25, 0.3) is 0 Å². The molecule has 1 N–H and O–H groups in total. The van der Waals surface area contributed by atoms with E-state index in [1.807, 2.05) is 52.4 Å². The molecule has 0 fully saturated rings. The van der Waals surface area contributed by atoms with Gasteiger partial charge in [0.2, 0.25) is 0 Å². The average Bonchev–Trinajstić information content (AvgIpc) is 2.82. The second-order valence-electron chi connectivity index (χ2n) is 4.10. The molecule has 0 saturated carbocycles. The van der Waals surface area contributed by atoms with E-state index in [0.717, 1.165) is 21.4 Å². The van der Waals surface area contributed by atoms with Crippen LogP contribution in [-0.2, 0) is 0 Å². The number of nitrogens with zero attached hydrogens (tertiary/aromatic N) is 1. The minimum absolute atomic E-state index is 0. The zero-order chi connectivity index (χ0) is 13.2. The molecule has 0 aliphatic carbocycles. The third-order valence-electron chi connectivity index (χ3n) is 2.88. The molecule has 0 saturated heterocycles. The van der Waals surface area contributed by atoms with Crippen molar-refractivity contribution in [2.24, 2.45) is 0 Å². The maximum absolute atomic E-state index is 8.09. The van der Waals surface area contributed by atoms with Crippen LogP contribution in [0, 0.1) is 5.41 Å². The topological polar surface area (TPSA) is 28.8 Å². The molecule has 0 atom stereocenters. The summed E-state index contributed by atoms with van der Waals surface area (Å²) in [7, 11) is 0. The Morgan fingerprint density at radius 2 is 1.60 bits per heavy atom. The van der Waals surface area contributed by atoms with E-state index >= 15 is 0 Å². The summed E-state index contributed by atoms with van der Waals surface area (Å²) >= 11 is 4.89. The lowest BCUT2D eigenvalue weighted by Crippen LogP contribution is -3.00. The van der Waals surface area contributed by atoms with Crippen LogP contribution in [0.2, 0.25) is 0 Å². The molecule has 0 spiro atoms. The molecule has 0 aliphatic heterocycles. The first-order valence-electron chi connectivity index (χ1n) is 5.82. The van der Waals surface area contributed by atoms with Crippen LogP contribution in [0.15, 0.2) is 64.5 Å². The van der Waals surface area contributed by atoms with E-state index in [1.165, 1.54) is 11.3 Å². The van der Waals surface area contributed by atoms with Gasteiger partial charge in [-0.25, -0.2) is 0 Å². The Hall–Kier alpha value is -1.36. The number of halogens is 2. The molecule has 0 bridgehead atoms. The van der Waals surface area contributed by atoms with Crippen molar-refractivity contribution < 1.29 is 12.4 Å². The molecule has 0 amide bonds. The van der Waals surface area contributed by atoms with E-state index < -0.39 is 0 Å². The van der Waals surface area contributed by atoms with Gasteiger partial charge in [0.15, 0.2) is 4.80 Å². The number of aromatic nitrogens is 1. The smallest absolute Gasteiger partial charge is 0.187 e. The summed E-state index contributed by atoms with van der Waals surface area (Å²) in [5.41, 5.74) is 3.18. The highest BCUT2D eigenvalue weighted by molar-refractivity contribution is 9.10. The highest BCUT2D eigenvalue weighted by atomic mass is 79.9. The molecule has 5 heteroatoms. The molecule has 0 radical (unpaired) electrons. The number of para-hydroxylation sites is 1. The minimum atomic E-state index is 0. The van der Waals surface area contributed by atoms with E-state index in [0.29, 0.717) is 4.80 Å². The largest absolute Gasteiger partial charge is 1.00 e. The van der Waals surface area contributed by atoms with Crippen LogP contribution in [0.4, 0.5) is 0 Å². The van der Waals surface area contributed by atoms with Gasteiger partial charge in [-0.2, -0.15) is 0 Å². The number of nitrogens with one attached hydrogen (secondary N) is 1. The lowest BCUT2D eigenvalue weighted by Gasteiger charge is -2.08. The number of rotatable bonds is 2. The van der Waals surface area contributed by atoms with E-state index in [9.17, 15) is 0 Å². The molecule has 2 nitrogen and oxygen atoms in total. The van der Waals surface area contributed by atoms with E-state index in [-0.39, 0.29) is 12.4 Å².